The number of hydrogen-bond donors (Lipinski definition) is 2. The number of pyridine rings is 1. The molecule has 1 atom stereocenters. The zero-order valence-corrected chi connectivity index (χ0v) is 12.0. The van der Waals surface area contributed by atoms with Crippen molar-refractivity contribution >= 4 is 5.82 Å². The summed E-state index contributed by atoms with van der Waals surface area (Å²) >= 11 is 0. The summed E-state index contributed by atoms with van der Waals surface area (Å²) in [5, 5.41) is 12.6. The first-order valence-corrected chi connectivity index (χ1v) is 6.82. The van der Waals surface area contributed by atoms with Crippen molar-refractivity contribution in [3.63, 3.8) is 0 Å². The number of nitrogens with one attached hydrogen (secondary N) is 1. The lowest BCUT2D eigenvalue weighted by atomic mass is 9.74. The fourth-order valence-corrected chi connectivity index (χ4v) is 2.73. The number of aliphatic hydroxyl groups is 1. The minimum atomic E-state index is -4.45. The molecule has 6 heteroatoms. The van der Waals surface area contributed by atoms with E-state index in [9.17, 15) is 18.3 Å². The number of hydrogen-bond acceptors (Lipinski definition) is 3. The quantitative estimate of drug-likeness (QED) is 0.868. The monoisotopic (exact) mass is 300 g/mol. The van der Waals surface area contributed by atoms with Crippen molar-refractivity contribution in [3.8, 4) is 0 Å². The summed E-state index contributed by atoms with van der Waals surface area (Å²) in [5.41, 5.74) is 0.0553. The van der Waals surface area contributed by atoms with Gasteiger partial charge in [-0.2, -0.15) is 13.2 Å². The molecule has 0 saturated heterocycles. The first-order valence-electron chi connectivity index (χ1n) is 6.82. The van der Waals surface area contributed by atoms with Crippen LogP contribution in [0.1, 0.15) is 38.8 Å². The first-order chi connectivity index (χ1) is 9.66. The summed E-state index contributed by atoms with van der Waals surface area (Å²) in [6.45, 7) is 4.12. The van der Waals surface area contributed by atoms with Crippen LogP contribution in [0.5, 0.6) is 0 Å². The van der Waals surface area contributed by atoms with Crippen molar-refractivity contribution in [1.82, 2.24) is 4.98 Å². The lowest BCUT2D eigenvalue weighted by Gasteiger charge is -2.34. The van der Waals surface area contributed by atoms with E-state index in [2.05, 4.69) is 24.1 Å². The molecule has 1 aliphatic rings. The Hall–Kier alpha value is -1.56. The number of rotatable bonds is 2. The van der Waals surface area contributed by atoms with Gasteiger partial charge in [0.25, 0.3) is 0 Å². The van der Waals surface area contributed by atoms with Gasteiger partial charge in [-0.05, 0) is 36.8 Å². The van der Waals surface area contributed by atoms with Crippen LogP contribution in [0.4, 0.5) is 19.0 Å². The van der Waals surface area contributed by atoms with Crippen LogP contribution in [0.15, 0.2) is 30.0 Å². The van der Waals surface area contributed by atoms with Gasteiger partial charge < -0.3 is 10.4 Å². The van der Waals surface area contributed by atoms with Gasteiger partial charge in [0.1, 0.15) is 11.5 Å². The number of aromatic nitrogens is 1. The molecular formula is C15H19F3N2O. The Bertz CT molecular complexity index is 538. The van der Waals surface area contributed by atoms with E-state index in [1.165, 1.54) is 12.1 Å². The average Bonchev–Trinajstić information content (AvgIpc) is 2.33. The summed E-state index contributed by atoms with van der Waals surface area (Å²) < 4.78 is 37.7. The van der Waals surface area contributed by atoms with Crippen molar-refractivity contribution in [2.24, 2.45) is 5.41 Å². The molecule has 0 aliphatic heterocycles. The summed E-state index contributed by atoms with van der Waals surface area (Å²) in [6, 6.07) is 3.73. The van der Waals surface area contributed by atoms with Crippen LogP contribution in [0.3, 0.4) is 0 Å². The zero-order chi connectivity index (χ0) is 15.7. The van der Waals surface area contributed by atoms with E-state index in [1.54, 1.807) is 6.20 Å². The Morgan fingerprint density at radius 1 is 1.38 bits per heavy atom. The topological polar surface area (TPSA) is 45.2 Å². The van der Waals surface area contributed by atoms with Gasteiger partial charge in [-0.15, -0.1) is 0 Å². The van der Waals surface area contributed by atoms with Crippen LogP contribution >= 0.6 is 0 Å². The molecule has 0 aromatic carbocycles. The maximum atomic E-state index is 12.6. The van der Waals surface area contributed by atoms with Crippen LogP contribution in [0, 0.1) is 5.41 Å². The summed E-state index contributed by atoms with van der Waals surface area (Å²) in [4.78, 5) is 3.54. The van der Waals surface area contributed by atoms with Gasteiger partial charge in [0, 0.05) is 6.20 Å². The number of nitrogens with zero attached hydrogens (tertiary/aromatic N) is 1. The van der Waals surface area contributed by atoms with Gasteiger partial charge in [0.05, 0.1) is 6.10 Å². The second-order valence-electron chi connectivity index (χ2n) is 6.26. The Kier molecular flexibility index (Phi) is 4.27. The predicted molar refractivity (Wildman–Crippen MR) is 74.6 cm³/mol. The molecule has 2 rings (SSSR count). The molecule has 0 radical (unpaired) electrons. The molecule has 21 heavy (non-hydrogen) atoms. The van der Waals surface area contributed by atoms with Crippen LogP contribution in [-0.2, 0) is 6.18 Å². The molecule has 1 fully saturated rings. The molecule has 1 aliphatic carbocycles. The molecule has 116 valence electrons. The molecule has 0 spiro atoms. The van der Waals surface area contributed by atoms with E-state index in [-0.39, 0.29) is 11.2 Å². The third-order valence-electron chi connectivity index (χ3n) is 3.46. The summed E-state index contributed by atoms with van der Waals surface area (Å²) in [5.74, 6) is 0.148. The minimum absolute atomic E-state index is 0.00751. The molecule has 1 saturated carbocycles. The molecule has 0 amide bonds. The Morgan fingerprint density at radius 3 is 2.71 bits per heavy atom. The smallest absolute Gasteiger partial charge is 0.393 e. The molecule has 1 unspecified atom stereocenters. The van der Waals surface area contributed by atoms with E-state index in [0.717, 1.165) is 24.5 Å². The Morgan fingerprint density at radius 2 is 2.10 bits per heavy atom. The maximum absolute atomic E-state index is 12.6. The van der Waals surface area contributed by atoms with E-state index in [1.807, 2.05) is 0 Å². The first kappa shape index (κ1) is 15.8. The summed E-state index contributed by atoms with van der Waals surface area (Å²) in [7, 11) is 0. The van der Waals surface area contributed by atoms with Gasteiger partial charge in [0.15, 0.2) is 0 Å². The molecule has 2 N–H and O–H groups in total. The molecular weight excluding hydrogens is 281 g/mol. The van der Waals surface area contributed by atoms with Gasteiger partial charge in [-0.25, -0.2) is 4.98 Å². The zero-order valence-electron chi connectivity index (χ0n) is 12.0. The van der Waals surface area contributed by atoms with Crippen LogP contribution in [-0.4, -0.2) is 16.2 Å². The molecule has 0 bridgehead atoms. The van der Waals surface area contributed by atoms with E-state index < -0.39 is 18.0 Å². The maximum Gasteiger partial charge on any atom is 0.433 e. The van der Waals surface area contributed by atoms with Crippen molar-refractivity contribution in [3.05, 3.63) is 35.7 Å². The van der Waals surface area contributed by atoms with Crippen molar-refractivity contribution in [2.45, 2.75) is 45.4 Å². The minimum Gasteiger partial charge on any atom is -0.393 e. The van der Waals surface area contributed by atoms with E-state index >= 15 is 0 Å². The standard InChI is InChI=1S/C15H19F3N2O/c1-14(2)7-10(6-11(21)8-14)9-19-13-5-3-4-12(20-13)15(16,17)18/h3-5,9,11,21H,6-8H2,1-2H3,(H,19,20)/b10-9-. The second-order valence-corrected chi connectivity index (χ2v) is 6.26. The Balaban J connectivity index is 2.10. The molecule has 1 aromatic heterocycles. The van der Waals surface area contributed by atoms with Gasteiger partial charge in [-0.1, -0.05) is 25.5 Å². The number of anilines is 1. The molecule has 1 aromatic rings. The highest BCUT2D eigenvalue weighted by atomic mass is 19.4. The van der Waals surface area contributed by atoms with E-state index in [4.69, 9.17) is 0 Å². The lowest BCUT2D eigenvalue weighted by molar-refractivity contribution is -0.141. The number of halogens is 3. The van der Waals surface area contributed by atoms with Crippen LogP contribution < -0.4 is 5.32 Å². The lowest BCUT2D eigenvalue weighted by Crippen LogP contribution is -2.27. The fourth-order valence-electron chi connectivity index (χ4n) is 2.73. The van der Waals surface area contributed by atoms with Crippen LogP contribution in [0.25, 0.3) is 0 Å². The third-order valence-corrected chi connectivity index (χ3v) is 3.46. The Labute approximate surface area is 121 Å². The normalized spacial score (nSPS) is 24.1. The summed E-state index contributed by atoms with van der Waals surface area (Å²) in [6.07, 6.45) is -1.13. The van der Waals surface area contributed by atoms with Gasteiger partial charge in [-0.3, -0.25) is 0 Å². The fraction of sp³-hybridized carbons (Fsp3) is 0.533. The highest BCUT2D eigenvalue weighted by Crippen LogP contribution is 2.38. The highest BCUT2D eigenvalue weighted by Gasteiger charge is 2.32. The second kappa shape index (κ2) is 5.67. The molecule has 3 nitrogen and oxygen atoms in total. The highest BCUT2D eigenvalue weighted by molar-refractivity contribution is 5.39. The largest absolute Gasteiger partial charge is 0.433 e. The van der Waals surface area contributed by atoms with Gasteiger partial charge >= 0.3 is 6.18 Å². The number of aliphatic hydroxyl groups excluding tert-OH is 1. The predicted octanol–water partition coefficient (Wildman–Crippen LogP) is 3.97. The van der Waals surface area contributed by atoms with Crippen LogP contribution in [0.2, 0.25) is 0 Å². The van der Waals surface area contributed by atoms with Crippen molar-refractivity contribution in [1.29, 1.82) is 0 Å². The number of alkyl halides is 3. The third kappa shape index (κ3) is 4.46. The van der Waals surface area contributed by atoms with E-state index in [0.29, 0.717) is 6.42 Å². The van der Waals surface area contributed by atoms with Crippen molar-refractivity contribution in [2.75, 3.05) is 5.32 Å². The van der Waals surface area contributed by atoms with Crippen molar-refractivity contribution < 1.29 is 18.3 Å². The SMILES string of the molecule is CC1(C)C/C(=C\Nc2cccc(C(F)(F)F)n2)CC(O)C1. The molecule has 1 heterocycles. The average molecular weight is 300 g/mol. The van der Waals surface area contributed by atoms with Gasteiger partial charge in [0.2, 0.25) is 0 Å².